The maximum atomic E-state index is 12.4. The van der Waals surface area contributed by atoms with E-state index in [1.807, 2.05) is 12.1 Å². The summed E-state index contributed by atoms with van der Waals surface area (Å²) >= 11 is 5.86. The molecule has 0 unspecified atom stereocenters. The van der Waals surface area contributed by atoms with Crippen LogP contribution in [0.3, 0.4) is 0 Å². The molecule has 4 aliphatic rings. The van der Waals surface area contributed by atoms with E-state index in [2.05, 4.69) is 17.4 Å². The van der Waals surface area contributed by atoms with E-state index in [1.54, 1.807) is 6.07 Å². The molecule has 4 aliphatic carbocycles. The molecule has 6 heteroatoms. The van der Waals surface area contributed by atoms with Gasteiger partial charge in [0.2, 0.25) is 0 Å². The van der Waals surface area contributed by atoms with E-state index < -0.39 is 11.9 Å². The van der Waals surface area contributed by atoms with Crippen molar-refractivity contribution in [2.75, 3.05) is 11.9 Å². The molecule has 1 amide bonds. The third-order valence-electron chi connectivity index (χ3n) is 7.34. The first-order valence-corrected chi connectivity index (χ1v) is 11.3. The van der Waals surface area contributed by atoms with Crippen LogP contribution in [0.5, 0.6) is 5.75 Å². The van der Waals surface area contributed by atoms with Gasteiger partial charge in [-0.1, -0.05) is 23.7 Å². The second kappa shape index (κ2) is 7.86. The number of carboxylic acids is 1. The molecule has 31 heavy (non-hydrogen) atoms. The van der Waals surface area contributed by atoms with Gasteiger partial charge < -0.3 is 15.2 Å². The van der Waals surface area contributed by atoms with E-state index >= 15 is 0 Å². The molecule has 4 fully saturated rings. The Morgan fingerprint density at radius 2 is 1.71 bits per heavy atom. The zero-order valence-corrected chi connectivity index (χ0v) is 18.0. The van der Waals surface area contributed by atoms with Crippen molar-refractivity contribution in [3.63, 3.8) is 0 Å². The quantitative estimate of drug-likeness (QED) is 0.621. The van der Waals surface area contributed by atoms with Gasteiger partial charge in [-0.25, -0.2) is 4.79 Å². The Morgan fingerprint density at radius 1 is 1.03 bits per heavy atom. The fourth-order valence-electron chi connectivity index (χ4n) is 6.52. The lowest BCUT2D eigenvalue weighted by Gasteiger charge is -2.57. The number of anilines is 1. The molecule has 0 radical (unpaired) electrons. The molecule has 0 atom stereocenters. The SMILES string of the molecule is O=C(COc1cccc(C23CC4CC(CC(C4)C2)C3)c1)Nc1ccc(Cl)cc1C(=O)O. The number of carbonyl (C=O) groups excluding carboxylic acids is 1. The molecule has 5 nitrogen and oxygen atoms in total. The summed E-state index contributed by atoms with van der Waals surface area (Å²) in [5, 5.41) is 12.2. The van der Waals surface area contributed by atoms with E-state index in [0.717, 1.165) is 17.8 Å². The zero-order chi connectivity index (χ0) is 21.6. The van der Waals surface area contributed by atoms with E-state index in [4.69, 9.17) is 16.3 Å². The van der Waals surface area contributed by atoms with Crippen molar-refractivity contribution in [2.24, 2.45) is 17.8 Å². The highest BCUT2D eigenvalue weighted by atomic mass is 35.5. The van der Waals surface area contributed by atoms with E-state index in [9.17, 15) is 14.7 Å². The third kappa shape index (κ3) is 4.03. The van der Waals surface area contributed by atoms with Gasteiger partial charge in [0.15, 0.2) is 6.61 Å². The molecule has 6 rings (SSSR count). The Labute approximate surface area is 186 Å². The molecule has 0 saturated heterocycles. The lowest BCUT2D eigenvalue weighted by Crippen LogP contribution is -2.48. The number of carbonyl (C=O) groups is 2. The van der Waals surface area contributed by atoms with Crippen LogP contribution >= 0.6 is 11.6 Å². The minimum Gasteiger partial charge on any atom is -0.484 e. The number of nitrogens with one attached hydrogen (secondary N) is 1. The molecule has 2 N–H and O–H groups in total. The van der Waals surface area contributed by atoms with Crippen molar-refractivity contribution in [3.05, 3.63) is 58.6 Å². The van der Waals surface area contributed by atoms with Crippen LogP contribution in [0.1, 0.15) is 54.4 Å². The van der Waals surface area contributed by atoms with Crippen molar-refractivity contribution in [2.45, 2.75) is 43.9 Å². The van der Waals surface area contributed by atoms with Gasteiger partial charge in [0.25, 0.3) is 5.91 Å². The van der Waals surface area contributed by atoms with Crippen LogP contribution in [0.25, 0.3) is 0 Å². The van der Waals surface area contributed by atoms with Crippen LogP contribution < -0.4 is 10.1 Å². The minimum atomic E-state index is -1.15. The summed E-state index contributed by atoms with van der Waals surface area (Å²) in [6.45, 7) is -0.188. The standard InChI is InChI=1S/C25H26ClNO4/c26-19-4-5-22(21(10-19)24(29)30)27-23(28)14-31-20-3-1-2-18(9-20)25-11-15-6-16(12-25)8-17(7-15)13-25/h1-5,9-10,15-17H,6-8,11-14H2,(H,27,28)(H,29,30). The Balaban J connectivity index is 1.26. The highest BCUT2D eigenvalue weighted by Gasteiger charge is 2.51. The first-order valence-electron chi connectivity index (χ1n) is 11.0. The van der Waals surface area contributed by atoms with Crippen molar-refractivity contribution in [1.29, 1.82) is 0 Å². The van der Waals surface area contributed by atoms with Gasteiger partial charge in [0.1, 0.15) is 5.75 Å². The first kappa shape index (κ1) is 20.4. The lowest BCUT2D eigenvalue weighted by atomic mass is 9.48. The molecular weight excluding hydrogens is 414 g/mol. The summed E-state index contributed by atoms with van der Waals surface area (Å²) in [4.78, 5) is 23.8. The third-order valence-corrected chi connectivity index (χ3v) is 7.58. The number of carboxylic acid groups (broad SMARTS) is 1. The Morgan fingerprint density at radius 3 is 2.35 bits per heavy atom. The van der Waals surface area contributed by atoms with Crippen LogP contribution in [-0.4, -0.2) is 23.6 Å². The summed E-state index contributed by atoms with van der Waals surface area (Å²) in [7, 11) is 0. The molecule has 0 spiro atoms. The highest BCUT2D eigenvalue weighted by molar-refractivity contribution is 6.31. The average Bonchev–Trinajstić information content (AvgIpc) is 2.73. The number of halogens is 1. The van der Waals surface area contributed by atoms with Gasteiger partial charge in [-0.05, 0) is 97.6 Å². The Kier molecular flexibility index (Phi) is 5.17. The van der Waals surface area contributed by atoms with Crippen LogP contribution in [0.15, 0.2) is 42.5 Å². The summed E-state index contributed by atoms with van der Waals surface area (Å²) in [6.07, 6.45) is 8.03. The number of benzene rings is 2. The topological polar surface area (TPSA) is 75.6 Å². The van der Waals surface area contributed by atoms with E-state index in [0.29, 0.717) is 10.8 Å². The smallest absolute Gasteiger partial charge is 0.337 e. The number of rotatable bonds is 6. The predicted molar refractivity (Wildman–Crippen MR) is 119 cm³/mol. The lowest BCUT2D eigenvalue weighted by molar-refractivity contribution is -0.118. The number of hydrogen-bond donors (Lipinski definition) is 2. The molecular formula is C25H26ClNO4. The van der Waals surface area contributed by atoms with Gasteiger partial charge >= 0.3 is 5.97 Å². The Bertz CT molecular complexity index is 999. The van der Waals surface area contributed by atoms with Crippen LogP contribution in [-0.2, 0) is 10.2 Å². The second-order valence-corrected chi connectivity index (χ2v) is 9.99. The molecule has 162 valence electrons. The number of amides is 1. The van der Waals surface area contributed by atoms with Gasteiger partial charge in [-0.2, -0.15) is 0 Å². The second-order valence-electron chi connectivity index (χ2n) is 9.56. The number of hydrogen-bond acceptors (Lipinski definition) is 3. The fraction of sp³-hybridized carbons (Fsp3) is 0.440. The molecule has 4 bridgehead atoms. The molecule has 0 aliphatic heterocycles. The maximum Gasteiger partial charge on any atom is 0.337 e. The summed E-state index contributed by atoms with van der Waals surface area (Å²) in [5.74, 6) is 1.71. The van der Waals surface area contributed by atoms with Crippen LogP contribution in [0.4, 0.5) is 5.69 Å². The first-order chi connectivity index (χ1) is 14.9. The van der Waals surface area contributed by atoms with Gasteiger partial charge in [-0.15, -0.1) is 0 Å². The van der Waals surface area contributed by atoms with Crippen molar-refractivity contribution < 1.29 is 19.4 Å². The van der Waals surface area contributed by atoms with E-state index in [-0.39, 0.29) is 23.3 Å². The molecule has 0 heterocycles. The molecule has 4 saturated carbocycles. The molecule has 0 aromatic heterocycles. The normalized spacial score (nSPS) is 28.4. The summed E-state index contributed by atoms with van der Waals surface area (Å²) in [6, 6.07) is 12.6. The molecule has 2 aromatic carbocycles. The number of ether oxygens (including phenoxy) is 1. The minimum absolute atomic E-state index is 0.0512. The van der Waals surface area contributed by atoms with Crippen molar-refractivity contribution >= 4 is 29.2 Å². The van der Waals surface area contributed by atoms with Crippen molar-refractivity contribution in [1.82, 2.24) is 0 Å². The highest BCUT2D eigenvalue weighted by Crippen LogP contribution is 2.60. The fourth-order valence-corrected chi connectivity index (χ4v) is 6.69. The van der Waals surface area contributed by atoms with Gasteiger partial charge in [0, 0.05) is 5.02 Å². The van der Waals surface area contributed by atoms with Crippen LogP contribution in [0, 0.1) is 17.8 Å². The monoisotopic (exact) mass is 439 g/mol. The van der Waals surface area contributed by atoms with Gasteiger partial charge in [-0.3, -0.25) is 4.79 Å². The largest absolute Gasteiger partial charge is 0.484 e. The predicted octanol–water partition coefficient (Wildman–Crippen LogP) is 5.52. The zero-order valence-electron chi connectivity index (χ0n) is 17.3. The average molecular weight is 440 g/mol. The summed E-state index contributed by atoms with van der Waals surface area (Å²) in [5.41, 5.74) is 1.77. The number of aromatic carboxylic acids is 1. The van der Waals surface area contributed by atoms with Gasteiger partial charge in [0.05, 0.1) is 11.3 Å². The van der Waals surface area contributed by atoms with Crippen LogP contribution in [0.2, 0.25) is 5.02 Å². The van der Waals surface area contributed by atoms with Crippen molar-refractivity contribution in [3.8, 4) is 5.75 Å². The Hall–Kier alpha value is -2.53. The maximum absolute atomic E-state index is 12.4. The van der Waals surface area contributed by atoms with E-state index in [1.165, 1.54) is 56.2 Å². The molecule has 2 aromatic rings. The summed E-state index contributed by atoms with van der Waals surface area (Å²) < 4.78 is 5.78.